The van der Waals surface area contributed by atoms with Gasteiger partial charge in [0.1, 0.15) is 11.5 Å². The molecule has 0 radical (unpaired) electrons. The van der Waals surface area contributed by atoms with E-state index in [-0.39, 0.29) is 30.0 Å². The summed E-state index contributed by atoms with van der Waals surface area (Å²) in [5.74, 6) is -0.260. The van der Waals surface area contributed by atoms with Gasteiger partial charge in [-0.15, -0.1) is 0 Å². The highest BCUT2D eigenvalue weighted by molar-refractivity contribution is 8.14. The molecule has 1 aromatic carbocycles. The number of esters is 1. The van der Waals surface area contributed by atoms with E-state index in [0.717, 1.165) is 16.7 Å². The summed E-state index contributed by atoms with van der Waals surface area (Å²) >= 11 is 0.927. The van der Waals surface area contributed by atoms with Crippen LogP contribution in [0.3, 0.4) is 0 Å². The summed E-state index contributed by atoms with van der Waals surface area (Å²) in [4.78, 5) is 47.4. The van der Waals surface area contributed by atoms with E-state index in [1.165, 1.54) is 26.4 Å². The molecular formula is C18H20N2O7S. The molecule has 0 aromatic heterocycles. The lowest BCUT2D eigenvalue weighted by atomic mass is 10.2. The standard InChI is InChI=1S/C18H20N2O7S/c1-25-13-5-3-12(14(9-13)26-2)4-6-17(23)27-10-15(21)19-7-8-20-16(22)11-28-18(20)24/h3-6,9H,7-8,10-11H2,1-2H3,(H,19,21)/b6-4+. The Morgan fingerprint density at radius 2 is 2.04 bits per heavy atom. The molecule has 1 aliphatic rings. The molecule has 150 valence electrons. The number of ether oxygens (including phenoxy) is 3. The van der Waals surface area contributed by atoms with Crippen molar-refractivity contribution in [3.63, 3.8) is 0 Å². The van der Waals surface area contributed by atoms with E-state index in [1.807, 2.05) is 0 Å². The molecule has 0 aliphatic carbocycles. The minimum absolute atomic E-state index is 0.0848. The lowest BCUT2D eigenvalue weighted by molar-refractivity contribution is -0.143. The average molecular weight is 408 g/mol. The number of hydrogen-bond donors (Lipinski definition) is 1. The number of methoxy groups -OCH3 is 2. The van der Waals surface area contributed by atoms with E-state index >= 15 is 0 Å². The van der Waals surface area contributed by atoms with Crippen LogP contribution in [0.15, 0.2) is 24.3 Å². The van der Waals surface area contributed by atoms with E-state index in [2.05, 4.69) is 5.32 Å². The van der Waals surface area contributed by atoms with Crippen LogP contribution in [0.2, 0.25) is 0 Å². The molecule has 1 aromatic rings. The number of nitrogens with zero attached hydrogens (tertiary/aromatic N) is 1. The summed E-state index contributed by atoms with van der Waals surface area (Å²) in [6, 6.07) is 5.11. The number of hydrogen-bond acceptors (Lipinski definition) is 8. The summed E-state index contributed by atoms with van der Waals surface area (Å²) in [7, 11) is 3.03. The quantitative estimate of drug-likeness (QED) is 0.477. The lowest BCUT2D eigenvalue weighted by Crippen LogP contribution is -2.38. The number of carbonyl (C=O) groups is 4. The molecule has 0 saturated carbocycles. The van der Waals surface area contributed by atoms with Gasteiger partial charge in [-0.1, -0.05) is 11.8 Å². The second kappa shape index (κ2) is 10.4. The van der Waals surface area contributed by atoms with Crippen molar-refractivity contribution in [1.29, 1.82) is 0 Å². The Balaban J connectivity index is 1.74. The third kappa shape index (κ3) is 6.02. The highest BCUT2D eigenvalue weighted by Crippen LogP contribution is 2.25. The van der Waals surface area contributed by atoms with E-state index in [4.69, 9.17) is 14.2 Å². The summed E-state index contributed by atoms with van der Waals surface area (Å²) in [6.07, 6.45) is 2.68. The molecule has 1 saturated heterocycles. The molecule has 2 rings (SSSR count). The van der Waals surface area contributed by atoms with Crippen LogP contribution in [0, 0.1) is 0 Å². The highest BCUT2D eigenvalue weighted by atomic mass is 32.2. The molecule has 1 aliphatic heterocycles. The van der Waals surface area contributed by atoms with Gasteiger partial charge in [-0.3, -0.25) is 19.3 Å². The smallest absolute Gasteiger partial charge is 0.331 e. The van der Waals surface area contributed by atoms with E-state index in [1.54, 1.807) is 18.2 Å². The van der Waals surface area contributed by atoms with Gasteiger partial charge in [-0.2, -0.15) is 0 Å². The average Bonchev–Trinajstić information content (AvgIpc) is 3.02. The third-order valence-electron chi connectivity index (χ3n) is 3.68. The Kier molecular flexibility index (Phi) is 7.88. The molecule has 9 nitrogen and oxygen atoms in total. The predicted molar refractivity (Wildman–Crippen MR) is 102 cm³/mol. The van der Waals surface area contributed by atoms with Gasteiger partial charge in [-0.25, -0.2) is 4.79 Å². The van der Waals surface area contributed by atoms with Crippen LogP contribution >= 0.6 is 11.8 Å². The van der Waals surface area contributed by atoms with Crippen molar-refractivity contribution in [3.05, 3.63) is 29.8 Å². The number of benzene rings is 1. The zero-order valence-electron chi connectivity index (χ0n) is 15.4. The van der Waals surface area contributed by atoms with Crippen molar-refractivity contribution in [1.82, 2.24) is 10.2 Å². The van der Waals surface area contributed by atoms with Crippen LogP contribution in [0.25, 0.3) is 6.08 Å². The number of carbonyl (C=O) groups excluding carboxylic acids is 4. The van der Waals surface area contributed by atoms with Crippen molar-refractivity contribution < 1.29 is 33.4 Å². The molecular weight excluding hydrogens is 388 g/mol. The van der Waals surface area contributed by atoms with Crippen LogP contribution in [0.1, 0.15) is 5.56 Å². The fourth-order valence-electron chi connectivity index (χ4n) is 2.25. The van der Waals surface area contributed by atoms with Gasteiger partial charge >= 0.3 is 5.97 Å². The first-order valence-electron chi connectivity index (χ1n) is 8.25. The number of thioether (sulfide) groups is 1. The zero-order chi connectivity index (χ0) is 20.5. The lowest BCUT2D eigenvalue weighted by Gasteiger charge is -2.12. The second-order valence-corrected chi connectivity index (χ2v) is 6.43. The predicted octanol–water partition coefficient (Wildman–Crippen LogP) is 1.07. The van der Waals surface area contributed by atoms with Crippen molar-refractivity contribution in [2.24, 2.45) is 0 Å². The molecule has 1 N–H and O–H groups in total. The van der Waals surface area contributed by atoms with E-state index < -0.39 is 18.5 Å². The first kappa shape index (κ1) is 21.3. The first-order valence-corrected chi connectivity index (χ1v) is 9.24. The molecule has 0 bridgehead atoms. The van der Waals surface area contributed by atoms with Gasteiger partial charge in [0, 0.05) is 30.8 Å². The van der Waals surface area contributed by atoms with Crippen molar-refractivity contribution in [3.8, 4) is 11.5 Å². The SMILES string of the molecule is COc1ccc(/C=C/C(=O)OCC(=O)NCCN2C(=O)CSC2=O)c(OC)c1. The summed E-state index contributed by atoms with van der Waals surface area (Å²) in [5, 5.41) is 2.15. The molecule has 1 fully saturated rings. The van der Waals surface area contributed by atoms with Gasteiger partial charge in [0.2, 0.25) is 5.91 Å². The molecule has 0 spiro atoms. The van der Waals surface area contributed by atoms with Crippen molar-refractivity contribution >= 4 is 40.9 Å². The monoisotopic (exact) mass is 408 g/mol. The van der Waals surface area contributed by atoms with Gasteiger partial charge < -0.3 is 19.5 Å². The molecule has 28 heavy (non-hydrogen) atoms. The summed E-state index contributed by atoms with van der Waals surface area (Å²) in [6.45, 7) is -0.297. The minimum atomic E-state index is -0.700. The van der Waals surface area contributed by atoms with Crippen LogP contribution in [0.4, 0.5) is 4.79 Å². The van der Waals surface area contributed by atoms with Crippen molar-refractivity contribution in [2.45, 2.75) is 0 Å². The molecule has 0 atom stereocenters. The van der Waals surface area contributed by atoms with Crippen LogP contribution < -0.4 is 14.8 Å². The molecule has 0 unspecified atom stereocenters. The normalized spacial score (nSPS) is 13.7. The Hall–Kier alpha value is -3.01. The topological polar surface area (TPSA) is 111 Å². The molecule has 10 heteroatoms. The zero-order valence-corrected chi connectivity index (χ0v) is 16.2. The van der Waals surface area contributed by atoms with Gasteiger partial charge in [-0.05, 0) is 18.2 Å². The number of amides is 3. The van der Waals surface area contributed by atoms with Gasteiger partial charge in [0.15, 0.2) is 6.61 Å². The van der Waals surface area contributed by atoms with Crippen LogP contribution in [-0.4, -0.2) is 67.6 Å². The number of nitrogens with one attached hydrogen (secondary N) is 1. The highest BCUT2D eigenvalue weighted by Gasteiger charge is 2.29. The first-order chi connectivity index (χ1) is 13.4. The van der Waals surface area contributed by atoms with E-state index in [9.17, 15) is 19.2 Å². The fraction of sp³-hybridized carbons (Fsp3) is 0.333. The number of rotatable bonds is 9. The Bertz CT molecular complexity index is 778. The van der Waals surface area contributed by atoms with Crippen molar-refractivity contribution in [2.75, 3.05) is 39.7 Å². The second-order valence-electron chi connectivity index (χ2n) is 5.50. The summed E-state index contributed by atoms with van der Waals surface area (Å²) < 4.78 is 15.2. The number of imide groups is 1. The third-order valence-corrected chi connectivity index (χ3v) is 4.54. The Labute approximate surface area is 166 Å². The maximum absolute atomic E-state index is 11.8. The minimum Gasteiger partial charge on any atom is -0.497 e. The molecule has 1 heterocycles. The van der Waals surface area contributed by atoms with Gasteiger partial charge in [0.25, 0.3) is 11.1 Å². The van der Waals surface area contributed by atoms with Gasteiger partial charge in [0.05, 0.1) is 20.0 Å². The Morgan fingerprint density at radius 3 is 2.68 bits per heavy atom. The van der Waals surface area contributed by atoms with Crippen LogP contribution in [0.5, 0.6) is 11.5 Å². The maximum atomic E-state index is 11.8. The maximum Gasteiger partial charge on any atom is 0.331 e. The molecule has 3 amide bonds. The Morgan fingerprint density at radius 1 is 1.25 bits per heavy atom. The van der Waals surface area contributed by atoms with E-state index in [0.29, 0.717) is 17.1 Å². The largest absolute Gasteiger partial charge is 0.497 e. The fourth-order valence-corrected chi connectivity index (χ4v) is 3.01. The summed E-state index contributed by atoms with van der Waals surface area (Å²) in [5.41, 5.74) is 0.641. The van der Waals surface area contributed by atoms with Crippen LogP contribution in [-0.2, 0) is 19.1 Å².